The molecule has 0 atom stereocenters. The van der Waals surface area contributed by atoms with Gasteiger partial charge in [0.2, 0.25) is 0 Å². The molecule has 1 saturated carbocycles. The van der Waals surface area contributed by atoms with Crippen molar-refractivity contribution in [2.75, 3.05) is 6.54 Å². The summed E-state index contributed by atoms with van der Waals surface area (Å²) in [5.74, 6) is -0.384. The van der Waals surface area contributed by atoms with E-state index < -0.39 is 5.60 Å². The molecule has 0 saturated heterocycles. The summed E-state index contributed by atoms with van der Waals surface area (Å²) in [4.78, 5) is 22.5. The molecule has 1 aliphatic rings. The zero-order valence-electron chi connectivity index (χ0n) is 10.1. The van der Waals surface area contributed by atoms with Gasteiger partial charge in [-0.2, -0.15) is 5.10 Å². The van der Waals surface area contributed by atoms with Gasteiger partial charge < -0.3 is 10.4 Å². The number of rotatable bonds is 3. The Labute approximate surface area is 104 Å². The largest absolute Gasteiger partial charge is 0.388 e. The fourth-order valence-corrected chi connectivity index (χ4v) is 2.19. The van der Waals surface area contributed by atoms with Gasteiger partial charge in [-0.1, -0.05) is 19.3 Å². The minimum absolute atomic E-state index is 0.147. The lowest BCUT2D eigenvalue weighted by Crippen LogP contribution is -2.44. The molecule has 6 heteroatoms. The molecule has 2 rings (SSSR count). The van der Waals surface area contributed by atoms with Crippen LogP contribution in [0.2, 0.25) is 0 Å². The van der Waals surface area contributed by atoms with Gasteiger partial charge in [-0.15, -0.1) is 0 Å². The lowest BCUT2D eigenvalue weighted by Gasteiger charge is -2.31. The number of carbonyl (C=O) groups is 1. The van der Waals surface area contributed by atoms with Crippen molar-refractivity contribution in [2.24, 2.45) is 0 Å². The van der Waals surface area contributed by atoms with Crippen molar-refractivity contribution in [2.45, 2.75) is 37.7 Å². The van der Waals surface area contributed by atoms with E-state index in [2.05, 4.69) is 15.5 Å². The van der Waals surface area contributed by atoms with Crippen LogP contribution >= 0.6 is 0 Å². The Morgan fingerprint density at radius 1 is 1.39 bits per heavy atom. The van der Waals surface area contributed by atoms with Crippen molar-refractivity contribution in [3.63, 3.8) is 0 Å². The molecule has 0 radical (unpaired) electrons. The topological polar surface area (TPSA) is 95.1 Å². The summed E-state index contributed by atoms with van der Waals surface area (Å²) in [6.45, 7) is 0.229. The molecule has 0 aliphatic heterocycles. The predicted molar refractivity (Wildman–Crippen MR) is 65.2 cm³/mol. The van der Waals surface area contributed by atoms with Crippen LogP contribution in [0.5, 0.6) is 0 Å². The van der Waals surface area contributed by atoms with Gasteiger partial charge in [-0.25, -0.2) is 5.10 Å². The number of aromatic nitrogens is 2. The summed E-state index contributed by atoms with van der Waals surface area (Å²) in [5, 5.41) is 18.7. The van der Waals surface area contributed by atoms with Gasteiger partial charge in [-0.3, -0.25) is 9.59 Å². The van der Waals surface area contributed by atoms with Gasteiger partial charge in [0, 0.05) is 12.6 Å². The first-order chi connectivity index (χ1) is 8.59. The summed E-state index contributed by atoms with van der Waals surface area (Å²) >= 11 is 0. The van der Waals surface area contributed by atoms with Crippen molar-refractivity contribution < 1.29 is 9.90 Å². The van der Waals surface area contributed by atoms with Crippen molar-refractivity contribution in [3.05, 3.63) is 28.2 Å². The Morgan fingerprint density at radius 2 is 2.11 bits per heavy atom. The molecule has 1 fully saturated rings. The third-order valence-electron chi connectivity index (χ3n) is 3.27. The molecule has 98 valence electrons. The van der Waals surface area contributed by atoms with Crippen LogP contribution in [0, 0.1) is 0 Å². The number of hydrogen-bond acceptors (Lipinski definition) is 4. The Bertz CT molecular complexity index is 457. The minimum atomic E-state index is -0.796. The molecule has 1 aromatic heterocycles. The van der Waals surface area contributed by atoms with Crippen molar-refractivity contribution >= 4 is 5.91 Å². The fraction of sp³-hybridized carbons (Fsp3) is 0.583. The molecule has 0 unspecified atom stereocenters. The quantitative estimate of drug-likeness (QED) is 0.715. The molecule has 0 aromatic carbocycles. The molecule has 6 nitrogen and oxygen atoms in total. The maximum Gasteiger partial charge on any atom is 0.271 e. The maximum absolute atomic E-state index is 11.7. The monoisotopic (exact) mass is 251 g/mol. The molecule has 0 spiro atoms. The molecule has 1 aliphatic carbocycles. The van der Waals surface area contributed by atoms with E-state index >= 15 is 0 Å². The molecule has 0 bridgehead atoms. The van der Waals surface area contributed by atoms with Crippen LogP contribution in [0.3, 0.4) is 0 Å². The Kier molecular flexibility index (Phi) is 3.76. The first kappa shape index (κ1) is 12.8. The van der Waals surface area contributed by atoms with Crippen LogP contribution in [-0.2, 0) is 0 Å². The molecule has 1 aromatic rings. The smallest absolute Gasteiger partial charge is 0.271 e. The standard InChI is InChI=1S/C12H17N3O3/c16-10-5-4-9(14-15-10)11(17)13-8-12(18)6-2-1-3-7-12/h4-5,18H,1-3,6-8H2,(H,13,17)(H,15,16). The van der Waals surface area contributed by atoms with Crippen LogP contribution in [-0.4, -0.2) is 33.4 Å². The Hall–Kier alpha value is -1.69. The third-order valence-corrected chi connectivity index (χ3v) is 3.27. The second-order valence-electron chi connectivity index (χ2n) is 4.77. The highest BCUT2D eigenvalue weighted by molar-refractivity contribution is 5.92. The van der Waals surface area contributed by atoms with E-state index in [9.17, 15) is 14.7 Å². The SMILES string of the molecule is O=C(NCC1(O)CCCCC1)c1ccc(=O)[nH]n1. The minimum Gasteiger partial charge on any atom is -0.388 e. The molecule has 1 heterocycles. The van der Waals surface area contributed by atoms with Crippen LogP contribution in [0.1, 0.15) is 42.6 Å². The molecule has 1 amide bonds. The summed E-state index contributed by atoms with van der Waals surface area (Å²) in [5.41, 5.74) is -0.998. The maximum atomic E-state index is 11.7. The Morgan fingerprint density at radius 3 is 2.72 bits per heavy atom. The van der Waals surface area contributed by atoms with Gasteiger partial charge >= 0.3 is 0 Å². The number of nitrogens with one attached hydrogen (secondary N) is 2. The first-order valence-corrected chi connectivity index (χ1v) is 6.15. The number of amides is 1. The first-order valence-electron chi connectivity index (χ1n) is 6.15. The molecular formula is C12H17N3O3. The van der Waals surface area contributed by atoms with Crippen LogP contribution in [0.15, 0.2) is 16.9 Å². The van der Waals surface area contributed by atoms with E-state index in [0.29, 0.717) is 12.8 Å². The normalized spacial score (nSPS) is 18.3. The summed E-state index contributed by atoms with van der Waals surface area (Å²) in [7, 11) is 0. The second-order valence-corrected chi connectivity index (χ2v) is 4.77. The van der Waals surface area contributed by atoms with Gasteiger partial charge in [0.1, 0.15) is 5.69 Å². The van der Waals surface area contributed by atoms with Crippen molar-refractivity contribution in [1.29, 1.82) is 0 Å². The van der Waals surface area contributed by atoms with Crippen LogP contribution < -0.4 is 10.9 Å². The lowest BCUT2D eigenvalue weighted by atomic mass is 9.85. The molecule has 3 N–H and O–H groups in total. The van der Waals surface area contributed by atoms with E-state index in [0.717, 1.165) is 19.3 Å². The highest BCUT2D eigenvalue weighted by Gasteiger charge is 2.29. The van der Waals surface area contributed by atoms with Gasteiger partial charge in [-0.05, 0) is 18.9 Å². The van der Waals surface area contributed by atoms with E-state index in [-0.39, 0.29) is 23.7 Å². The van der Waals surface area contributed by atoms with Crippen LogP contribution in [0.25, 0.3) is 0 Å². The zero-order valence-corrected chi connectivity index (χ0v) is 10.1. The average Bonchev–Trinajstić information content (AvgIpc) is 2.38. The zero-order chi connectivity index (χ0) is 13.0. The van der Waals surface area contributed by atoms with Gasteiger partial charge in [0.25, 0.3) is 11.5 Å². The molecular weight excluding hydrogens is 234 g/mol. The summed E-state index contributed by atoms with van der Waals surface area (Å²) in [6.07, 6.45) is 4.54. The number of aromatic amines is 1. The Balaban J connectivity index is 1.91. The highest BCUT2D eigenvalue weighted by Crippen LogP contribution is 2.27. The molecule has 18 heavy (non-hydrogen) atoms. The van der Waals surface area contributed by atoms with Gasteiger partial charge in [0.05, 0.1) is 5.60 Å². The van der Waals surface area contributed by atoms with Crippen LogP contribution in [0.4, 0.5) is 0 Å². The average molecular weight is 251 g/mol. The lowest BCUT2D eigenvalue weighted by molar-refractivity contribution is 0.00520. The summed E-state index contributed by atoms with van der Waals surface area (Å²) < 4.78 is 0. The number of nitrogens with zero attached hydrogens (tertiary/aromatic N) is 1. The van der Waals surface area contributed by atoms with Gasteiger partial charge in [0.15, 0.2) is 0 Å². The van der Waals surface area contributed by atoms with E-state index in [1.807, 2.05) is 0 Å². The number of aliphatic hydroxyl groups is 1. The van der Waals surface area contributed by atoms with Crippen molar-refractivity contribution in [3.8, 4) is 0 Å². The number of hydrogen-bond donors (Lipinski definition) is 3. The van der Waals surface area contributed by atoms with E-state index in [1.165, 1.54) is 12.1 Å². The third kappa shape index (κ3) is 3.16. The second kappa shape index (κ2) is 5.30. The summed E-state index contributed by atoms with van der Waals surface area (Å²) in [6, 6.07) is 2.61. The fourth-order valence-electron chi connectivity index (χ4n) is 2.19. The predicted octanol–water partition coefficient (Wildman–Crippen LogP) is 0.195. The van der Waals surface area contributed by atoms with E-state index in [1.54, 1.807) is 0 Å². The number of carbonyl (C=O) groups excluding carboxylic acids is 1. The van der Waals surface area contributed by atoms with E-state index in [4.69, 9.17) is 0 Å². The van der Waals surface area contributed by atoms with Crippen molar-refractivity contribution in [1.82, 2.24) is 15.5 Å². The number of H-pyrrole nitrogens is 1. The highest BCUT2D eigenvalue weighted by atomic mass is 16.3.